The van der Waals surface area contributed by atoms with Crippen LogP contribution in [-0.4, -0.2) is 48.1 Å². The summed E-state index contributed by atoms with van der Waals surface area (Å²) >= 11 is 1.95. The lowest BCUT2D eigenvalue weighted by Gasteiger charge is -2.42. The van der Waals surface area contributed by atoms with Crippen molar-refractivity contribution >= 4 is 11.8 Å². The second kappa shape index (κ2) is 5.38. The molecule has 0 saturated carbocycles. The second-order valence-electron chi connectivity index (χ2n) is 4.91. The Morgan fingerprint density at radius 3 is 2.79 bits per heavy atom. The molecule has 0 aromatic heterocycles. The molecule has 1 aliphatic rings. The van der Waals surface area contributed by atoms with E-state index in [9.17, 15) is 0 Å². The SMILES string of the molecule is CSCCC(C)N1CCNC(C)(C)C1. The van der Waals surface area contributed by atoms with Gasteiger partial charge in [0.25, 0.3) is 0 Å². The number of nitrogens with one attached hydrogen (secondary N) is 1. The fraction of sp³-hybridized carbons (Fsp3) is 1.00. The zero-order valence-electron chi connectivity index (χ0n) is 9.97. The van der Waals surface area contributed by atoms with Gasteiger partial charge in [-0.2, -0.15) is 11.8 Å². The van der Waals surface area contributed by atoms with Crippen molar-refractivity contribution in [3.8, 4) is 0 Å². The molecule has 1 N–H and O–H groups in total. The Kier molecular flexibility index (Phi) is 4.74. The van der Waals surface area contributed by atoms with Gasteiger partial charge >= 0.3 is 0 Å². The van der Waals surface area contributed by atoms with Gasteiger partial charge in [0.1, 0.15) is 0 Å². The van der Waals surface area contributed by atoms with Crippen LogP contribution in [0.5, 0.6) is 0 Å². The number of thioether (sulfide) groups is 1. The molecule has 1 aliphatic heterocycles. The summed E-state index contributed by atoms with van der Waals surface area (Å²) in [5.41, 5.74) is 0.297. The largest absolute Gasteiger partial charge is 0.309 e. The van der Waals surface area contributed by atoms with Gasteiger partial charge in [-0.25, -0.2) is 0 Å². The van der Waals surface area contributed by atoms with Crippen molar-refractivity contribution in [3.63, 3.8) is 0 Å². The molecule has 3 heteroatoms. The van der Waals surface area contributed by atoms with Crippen LogP contribution in [-0.2, 0) is 0 Å². The number of piperazine rings is 1. The molecule has 0 aromatic carbocycles. The third-order valence-electron chi connectivity index (χ3n) is 2.96. The lowest BCUT2D eigenvalue weighted by molar-refractivity contribution is 0.115. The Morgan fingerprint density at radius 1 is 1.50 bits per heavy atom. The summed E-state index contributed by atoms with van der Waals surface area (Å²) in [6.45, 7) is 10.5. The van der Waals surface area contributed by atoms with Crippen LogP contribution in [0.3, 0.4) is 0 Å². The average Bonchev–Trinajstić information content (AvgIpc) is 2.12. The maximum atomic E-state index is 3.55. The Hall–Kier alpha value is 0.270. The number of hydrogen-bond acceptors (Lipinski definition) is 3. The van der Waals surface area contributed by atoms with E-state index >= 15 is 0 Å². The molecule has 84 valence electrons. The first-order chi connectivity index (χ1) is 6.55. The molecule has 1 atom stereocenters. The minimum atomic E-state index is 0.297. The highest BCUT2D eigenvalue weighted by Crippen LogP contribution is 2.15. The Balaban J connectivity index is 2.35. The smallest absolute Gasteiger partial charge is 0.0252 e. The predicted molar refractivity (Wildman–Crippen MR) is 66.1 cm³/mol. The first-order valence-electron chi connectivity index (χ1n) is 5.53. The van der Waals surface area contributed by atoms with Crippen LogP contribution < -0.4 is 5.32 Å². The molecule has 1 rings (SSSR count). The molecule has 0 radical (unpaired) electrons. The summed E-state index contributed by atoms with van der Waals surface area (Å²) in [5.74, 6) is 1.28. The highest BCUT2D eigenvalue weighted by Gasteiger charge is 2.27. The topological polar surface area (TPSA) is 15.3 Å². The summed E-state index contributed by atoms with van der Waals surface area (Å²) < 4.78 is 0. The van der Waals surface area contributed by atoms with Crippen LogP contribution >= 0.6 is 11.8 Å². The fourth-order valence-corrected chi connectivity index (χ4v) is 2.60. The van der Waals surface area contributed by atoms with Gasteiger partial charge in [-0.15, -0.1) is 0 Å². The molecule has 0 aromatic rings. The molecule has 0 amide bonds. The van der Waals surface area contributed by atoms with Gasteiger partial charge in [0.15, 0.2) is 0 Å². The van der Waals surface area contributed by atoms with Crippen LogP contribution in [0.15, 0.2) is 0 Å². The predicted octanol–water partition coefficient (Wildman–Crippen LogP) is 1.81. The molecule has 1 saturated heterocycles. The first-order valence-corrected chi connectivity index (χ1v) is 6.92. The lowest BCUT2D eigenvalue weighted by atomic mass is 10.0. The second-order valence-corrected chi connectivity index (χ2v) is 5.90. The zero-order valence-corrected chi connectivity index (χ0v) is 10.8. The summed E-state index contributed by atoms with van der Waals surface area (Å²) in [6.07, 6.45) is 3.51. The normalized spacial score (nSPS) is 24.9. The van der Waals surface area contributed by atoms with Gasteiger partial charge in [0.2, 0.25) is 0 Å². The van der Waals surface area contributed by atoms with E-state index in [2.05, 4.69) is 37.2 Å². The molecule has 0 aliphatic carbocycles. The van der Waals surface area contributed by atoms with Gasteiger partial charge < -0.3 is 5.32 Å². The van der Waals surface area contributed by atoms with Gasteiger partial charge in [-0.05, 0) is 39.2 Å². The van der Waals surface area contributed by atoms with Crippen molar-refractivity contribution in [3.05, 3.63) is 0 Å². The minimum Gasteiger partial charge on any atom is -0.309 e. The molecule has 2 nitrogen and oxygen atoms in total. The summed E-state index contributed by atoms with van der Waals surface area (Å²) in [7, 11) is 0. The molecule has 1 heterocycles. The van der Waals surface area contributed by atoms with Crippen LogP contribution in [0.2, 0.25) is 0 Å². The van der Waals surface area contributed by atoms with Crippen LogP contribution in [0.25, 0.3) is 0 Å². The van der Waals surface area contributed by atoms with Crippen molar-refractivity contribution in [2.24, 2.45) is 0 Å². The van der Waals surface area contributed by atoms with Crippen LogP contribution in [0.1, 0.15) is 27.2 Å². The average molecular weight is 216 g/mol. The summed E-state index contributed by atoms with van der Waals surface area (Å²) in [6, 6.07) is 0.740. The monoisotopic (exact) mass is 216 g/mol. The van der Waals surface area contributed by atoms with E-state index in [1.807, 2.05) is 11.8 Å². The quantitative estimate of drug-likeness (QED) is 0.771. The molecule has 1 fully saturated rings. The standard InChI is InChI=1S/C11H24N2S/c1-10(5-8-14-4)13-7-6-12-11(2,3)9-13/h10,12H,5-9H2,1-4H3. The highest BCUT2D eigenvalue weighted by atomic mass is 32.2. The van der Waals surface area contributed by atoms with Crippen LogP contribution in [0, 0.1) is 0 Å². The van der Waals surface area contributed by atoms with Gasteiger partial charge in [-0.1, -0.05) is 0 Å². The fourth-order valence-electron chi connectivity index (χ4n) is 2.03. The molecule has 14 heavy (non-hydrogen) atoms. The van der Waals surface area contributed by atoms with E-state index in [0.29, 0.717) is 5.54 Å². The summed E-state index contributed by atoms with van der Waals surface area (Å²) in [5, 5.41) is 3.55. The molecule has 0 bridgehead atoms. The van der Waals surface area contributed by atoms with Crippen molar-refractivity contribution in [1.82, 2.24) is 10.2 Å². The zero-order chi connectivity index (χ0) is 10.6. The number of hydrogen-bond donors (Lipinski definition) is 1. The maximum absolute atomic E-state index is 3.55. The summed E-state index contributed by atoms with van der Waals surface area (Å²) in [4.78, 5) is 2.62. The number of rotatable bonds is 4. The first kappa shape index (κ1) is 12.3. The van der Waals surface area contributed by atoms with Crippen molar-refractivity contribution in [2.45, 2.75) is 38.8 Å². The van der Waals surface area contributed by atoms with E-state index < -0.39 is 0 Å². The number of nitrogens with zero attached hydrogens (tertiary/aromatic N) is 1. The highest BCUT2D eigenvalue weighted by molar-refractivity contribution is 7.98. The van der Waals surface area contributed by atoms with Gasteiger partial charge in [0.05, 0.1) is 0 Å². The van der Waals surface area contributed by atoms with Crippen molar-refractivity contribution in [2.75, 3.05) is 31.6 Å². The Labute approximate surface area is 92.8 Å². The van der Waals surface area contributed by atoms with Gasteiger partial charge in [0, 0.05) is 31.2 Å². The van der Waals surface area contributed by atoms with Crippen LogP contribution in [0.4, 0.5) is 0 Å². The van der Waals surface area contributed by atoms with E-state index in [1.165, 1.54) is 25.3 Å². The van der Waals surface area contributed by atoms with E-state index in [-0.39, 0.29) is 0 Å². The van der Waals surface area contributed by atoms with E-state index in [1.54, 1.807) is 0 Å². The molecular formula is C11H24N2S. The Morgan fingerprint density at radius 2 is 2.21 bits per heavy atom. The van der Waals surface area contributed by atoms with E-state index in [4.69, 9.17) is 0 Å². The van der Waals surface area contributed by atoms with Crippen molar-refractivity contribution in [1.29, 1.82) is 0 Å². The molecular weight excluding hydrogens is 192 g/mol. The third kappa shape index (κ3) is 3.79. The maximum Gasteiger partial charge on any atom is 0.0252 e. The minimum absolute atomic E-state index is 0.297. The molecule has 0 spiro atoms. The van der Waals surface area contributed by atoms with Gasteiger partial charge in [-0.3, -0.25) is 4.90 Å². The third-order valence-corrected chi connectivity index (χ3v) is 3.61. The van der Waals surface area contributed by atoms with Crippen molar-refractivity contribution < 1.29 is 0 Å². The Bertz CT molecular complexity index is 171. The lowest BCUT2D eigenvalue weighted by Crippen LogP contribution is -2.58. The molecule has 1 unspecified atom stereocenters. The van der Waals surface area contributed by atoms with E-state index in [0.717, 1.165) is 12.6 Å².